The Morgan fingerprint density at radius 1 is 1.17 bits per heavy atom. The summed E-state index contributed by atoms with van der Waals surface area (Å²) in [7, 11) is -3.31. The highest BCUT2D eigenvalue weighted by Gasteiger charge is 2.14. The average Bonchev–Trinajstić information content (AvgIpc) is 2.82. The van der Waals surface area contributed by atoms with E-state index in [0.29, 0.717) is 5.75 Å². The summed E-state index contributed by atoms with van der Waals surface area (Å²) in [4.78, 5) is 0.177. The van der Waals surface area contributed by atoms with Crippen molar-refractivity contribution in [3.05, 3.63) is 47.6 Å². The fraction of sp³-hybridized carbons (Fsp3) is 0.167. The van der Waals surface area contributed by atoms with E-state index >= 15 is 0 Å². The van der Waals surface area contributed by atoms with E-state index in [-0.39, 0.29) is 10.6 Å². The summed E-state index contributed by atoms with van der Waals surface area (Å²) in [5.41, 5.74) is 0. The molecule has 0 unspecified atom stereocenters. The van der Waals surface area contributed by atoms with Crippen LogP contribution in [0.15, 0.2) is 50.9 Å². The van der Waals surface area contributed by atoms with Gasteiger partial charge in [0.05, 0.1) is 14.9 Å². The van der Waals surface area contributed by atoms with E-state index in [9.17, 15) is 12.8 Å². The SMILES string of the molecule is O=S(=O)(CCSc1cccs1)c1ccc(F)cc1. The molecule has 0 N–H and O–H groups in total. The minimum atomic E-state index is -3.31. The molecule has 0 saturated carbocycles. The number of thiophene rings is 1. The van der Waals surface area contributed by atoms with Crippen molar-refractivity contribution in [3.8, 4) is 0 Å². The Hall–Kier alpha value is -0.850. The van der Waals surface area contributed by atoms with Gasteiger partial charge in [0.1, 0.15) is 5.82 Å². The van der Waals surface area contributed by atoms with Crippen LogP contribution in [0.3, 0.4) is 0 Å². The molecule has 1 heterocycles. The van der Waals surface area contributed by atoms with Crippen LogP contribution in [-0.4, -0.2) is 19.9 Å². The van der Waals surface area contributed by atoms with Crippen LogP contribution in [0, 0.1) is 5.82 Å². The second-order valence-electron chi connectivity index (χ2n) is 3.55. The molecule has 0 fully saturated rings. The molecule has 0 bridgehead atoms. The molecule has 0 amide bonds. The largest absolute Gasteiger partial charge is 0.224 e. The first-order chi connectivity index (χ1) is 8.58. The van der Waals surface area contributed by atoms with Crippen LogP contribution < -0.4 is 0 Å². The molecule has 0 aliphatic heterocycles. The number of halogens is 1. The zero-order valence-electron chi connectivity index (χ0n) is 9.37. The molecule has 96 valence electrons. The van der Waals surface area contributed by atoms with E-state index in [0.717, 1.165) is 4.21 Å². The van der Waals surface area contributed by atoms with Crippen molar-refractivity contribution in [2.45, 2.75) is 9.10 Å². The summed E-state index contributed by atoms with van der Waals surface area (Å²) < 4.78 is 37.7. The van der Waals surface area contributed by atoms with Gasteiger partial charge in [-0.1, -0.05) is 6.07 Å². The van der Waals surface area contributed by atoms with Crippen LogP contribution >= 0.6 is 23.1 Å². The van der Waals surface area contributed by atoms with Gasteiger partial charge >= 0.3 is 0 Å². The van der Waals surface area contributed by atoms with Gasteiger partial charge in [-0.05, 0) is 35.7 Å². The molecule has 0 spiro atoms. The van der Waals surface area contributed by atoms with Gasteiger partial charge in [0.25, 0.3) is 0 Å². The highest BCUT2D eigenvalue weighted by atomic mass is 32.2. The summed E-state index contributed by atoms with van der Waals surface area (Å²) in [5, 5.41) is 1.96. The fourth-order valence-corrected chi connectivity index (χ4v) is 4.87. The fourth-order valence-electron chi connectivity index (χ4n) is 1.36. The molecule has 1 aromatic carbocycles. The number of benzene rings is 1. The number of thioether (sulfide) groups is 1. The van der Waals surface area contributed by atoms with Crippen LogP contribution in [0.4, 0.5) is 4.39 Å². The molecule has 2 nitrogen and oxygen atoms in total. The Balaban J connectivity index is 1.97. The topological polar surface area (TPSA) is 34.1 Å². The Kier molecular flexibility index (Phi) is 4.42. The molecule has 2 rings (SSSR count). The summed E-state index contributed by atoms with van der Waals surface area (Å²) in [6.07, 6.45) is 0. The molecule has 2 aromatic rings. The van der Waals surface area contributed by atoms with Crippen molar-refractivity contribution in [3.63, 3.8) is 0 Å². The first-order valence-electron chi connectivity index (χ1n) is 5.22. The van der Waals surface area contributed by atoms with Crippen LogP contribution in [-0.2, 0) is 9.84 Å². The van der Waals surface area contributed by atoms with E-state index < -0.39 is 15.7 Å². The summed E-state index contributed by atoms with van der Waals surface area (Å²) in [6, 6.07) is 8.83. The number of sulfone groups is 1. The van der Waals surface area contributed by atoms with Gasteiger partial charge in [0, 0.05) is 5.75 Å². The predicted octanol–water partition coefficient (Wildman–Crippen LogP) is 3.45. The molecule has 18 heavy (non-hydrogen) atoms. The van der Waals surface area contributed by atoms with Crippen molar-refractivity contribution in [2.24, 2.45) is 0 Å². The summed E-state index contributed by atoms with van der Waals surface area (Å²) in [6.45, 7) is 0. The Morgan fingerprint density at radius 2 is 1.89 bits per heavy atom. The second kappa shape index (κ2) is 5.86. The standard InChI is InChI=1S/C12H11FO2S3/c13-10-3-5-11(6-4-10)18(14,15)9-8-17-12-2-1-7-16-12/h1-7H,8-9H2. The quantitative estimate of drug-likeness (QED) is 0.626. The van der Waals surface area contributed by atoms with E-state index in [1.807, 2.05) is 17.5 Å². The van der Waals surface area contributed by atoms with Crippen molar-refractivity contribution in [2.75, 3.05) is 11.5 Å². The Bertz CT molecular complexity index is 589. The lowest BCUT2D eigenvalue weighted by Gasteiger charge is -2.03. The maximum absolute atomic E-state index is 12.7. The first kappa shape index (κ1) is 13.6. The van der Waals surface area contributed by atoms with E-state index in [1.165, 1.54) is 36.0 Å². The van der Waals surface area contributed by atoms with Gasteiger partial charge in [0.2, 0.25) is 0 Å². The van der Waals surface area contributed by atoms with Gasteiger partial charge in [0.15, 0.2) is 9.84 Å². The summed E-state index contributed by atoms with van der Waals surface area (Å²) in [5.74, 6) is 0.128. The number of hydrogen-bond acceptors (Lipinski definition) is 4. The lowest BCUT2D eigenvalue weighted by Crippen LogP contribution is -2.08. The Labute approximate surface area is 114 Å². The van der Waals surface area contributed by atoms with E-state index in [1.54, 1.807) is 11.3 Å². The molecule has 6 heteroatoms. The minimum absolute atomic E-state index is 0.0567. The minimum Gasteiger partial charge on any atom is -0.224 e. The zero-order chi connectivity index (χ0) is 13.0. The van der Waals surface area contributed by atoms with E-state index in [2.05, 4.69) is 0 Å². The third-order valence-electron chi connectivity index (χ3n) is 2.26. The van der Waals surface area contributed by atoms with Crippen molar-refractivity contribution in [1.29, 1.82) is 0 Å². The molecule has 0 radical (unpaired) electrons. The zero-order valence-corrected chi connectivity index (χ0v) is 11.8. The number of rotatable bonds is 5. The maximum Gasteiger partial charge on any atom is 0.179 e. The molecular weight excluding hydrogens is 291 g/mol. The Morgan fingerprint density at radius 3 is 2.50 bits per heavy atom. The van der Waals surface area contributed by atoms with Crippen LogP contribution in [0.25, 0.3) is 0 Å². The van der Waals surface area contributed by atoms with Gasteiger partial charge in [-0.2, -0.15) is 0 Å². The predicted molar refractivity (Wildman–Crippen MR) is 73.5 cm³/mol. The first-order valence-corrected chi connectivity index (χ1v) is 8.74. The van der Waals surface area contributed by atoms with Crippen molar-refractivity contribution < 1.29 is 12.8 Å². The lowest BCUT2D eigenvalue weighted by atomic mass is 10.4. The highest BCUT2D eigenvalue weighted by Crippen LogP contribution is 2.24. The van der Waals surface area contributed by atoms with Gasteiger partial charge in [-0.15, -0.1) is 23.1 Å². The highest BCUT2D eigenvalue weighted by molar-refractivity contribution is 8.02. The molecule has 0 aliphatic rings. The smallest absolute Gasteiger partial charge is 0.179 e. The van der Waals surface area contributed by atoms with Crippen molar-refractivity contribution >= 4 is 32.9 Å². The van der Waals surface area contributed by atoms with Crippen LogP contribution in [0.5, 0.6) is 0 Å². The third kappa shape index (κ3) is 3.57. The van der Waals surface area contributed by atoms with E-state index in [4.69, 9.17) is 0 Å². The van der Waals surface area contributed by atoms with Crippen LogP contribution in [0.1, 0.15) is 0 Å². The third-order valence-corrected chi connectivity index (χ3v) is 6.39. The van der Waals surface area contributed by atoms with Crippen molar-refractivity contribution in [1.82, 2.24) is 0 Å². The molecule has 0 atom stereocenters. The second-order valence-corrected chi connectivity index (χ2v) is 8.01. The molecule has 0 aliphatic carbocycles. The maximum atomic E-state index is 12.7. The average molecular weight is 302 g/mol. The monoisotopic (exact) mass is 302 g/mol. The summed E-state index contributed by atoms with van der Waals surface area (Å²) >= 11 is 3.11. The molecule has 1 aromatic heterocycles. The van der Waals surface area contributed by atoms with Crippen LogP contribution in [0.2, 0.25) is 0 Å². The van der Waals surface area contributed by atoms with Gasteiger partial charge in [-0.3, -0.25) is 0 Å². The number of hydrogen-bond donors (Lipinski definition) is 0. The van der Waals surface area contributed by atoms with Gasteiger partial charge in [-0.25, -0.2) is 12.8 Å². The molecular formula is C12H11FO2S3. The van der Waals surface area contributed by atoms with Gasteiger partial charge < -0.3 is 0 Å². The normalized spacial score (nSPS) is 11.6. The lowest BCUT2D eigenvalue weighted by molar-refractivity contribution is 0.596. The molecule has 0 saturated heterocycles.